The molecule has 0 spiro atoms. The summed E-state index contributed by atoms with van der Waals surface area (Å²) in [7, 11) is 3.12. The number of carbonyl (C=O) groups is 1. The van der Waals surface area contributed by atoms with Gasteiger partial charge >= 0.3 is 0 Å². The molecule has 2 saturated carbocycles. The lowest BCUT2D eigenvalue weighted by atomic mass is 10.1. The zero-order valence-electron chi connectivity index (χ0n) is 20.1. The first kappa shape index (κ1) is 20.5. The topological polar surface area (TPSA) is 119 Å². The van der Waals surface area contributed by atoms with E-state index in [1.54, 1.807) is 17.9 Å². The van der Waals surface area contributed by atoms with E-state index >= 15 is 0 Å². The molecule has 0 unspecified atom stereocenters. The normalized spacial score (nSPS) is 15.1. The van der Waals surface area contributed by atoms with Crippen molar-refractivity contribution in [2.24, 2.45) is 13.0 Å². The molecule has 2 heterocycles. The predicted octanol–water partition coefficient (Wildman–Crippen LogP) is 2.72. The molecule has 5 rings (SSSR count). The van der Waals surface area contributed by atoms with Gasteiger partial charge in [-0.25, -0.2) is 4.68 Å². The second kappa shape index (κ2) is 9.02. The molecular weight excluding hydrogens is 432 g/mol. The number of aryl methyl sites for hydroxylation is 1. The molecule has 2 aliphatic carbocycles. The second-order valence-corrected chi connectivity index (χ2v) is 8.35. The summed E-state index contributed by atoms with van der Waals surface area (Å²) in [4.78, 5) is 17.2. The average molecular weight is 460 g/mol. The molecule has 34 heavy (non-hydrogen) atoms. The first-order chi connectivity index (χ1) is 17.1. The van der Waals surface area contributed by atoms with E-state index in [0.29, 0.717) is 52.1 Å². The number of nitrogens with one attached hydrogen (secondary N) is 3. The van der Waals surface area contributed by atoms with Crippen molar-refractivity contribution in [2.45, 2.75) is 31.7 Å². The summed E-state index contributed by atoms with van der Waals surface area (Å²) < 4.78 is 14.7. The second-order valence-electron chi connectivity index (χ2n) is 8.35. The van der Waals surface area contributed by atoms with Crippen LogP contribution in [0.3, 0.4) is 0 Å². The first-order valence-corrected chi connectivity index (χ1v) is 11.1. The Morgan fingerprint density at radius 2 is 2.09 bits per heavy atom. The van der Waals surface area contributed by atoms with E-state index in [1.165, 1.54) is 0 Å². The molecule has 0 atom stereocenters. The fraction of sp³-hybridized carbons (Fsp3) is 0.375. The van der Waals surface area contributed by atoms with Crippen molar-refractivity contribution >= 4 is 23.1 Å². The Bertz CT molecular complexity index is 1320. The van der Waals surface area contributed by atoms with E-state index in [-0.39, 0.29) is 12.7 Å². The van der Waals surface area contributed by atoms with Crippen LogP contribution >= 0.6 is 0 Å². The van der Waals surface area contributed by atoms with Crippen LogP contribution in [0.1, 0.15) is 43.4 Å². The fourth-order valence-electron chi connectivity index (χ4n) is 3.42. The number of amides is 1. The first-order valence-electron chi connectivity index (χ1n) is 11.8. The van der Waals surface area contributed by atoms with E-state index in [2.05, 4.69) is 48.1 Å². The third-order valence-corrected chi connectivity index (χ3v) is 5.56. The Morgan fingerprint density at radius 3 is 2.82 bits per heavy atom. The molecule has 0 saturated heterocycles. The number of carbonyl (C=O) groups excluding carboxylic acids is 1. The van der Waals surface area contributed by atoms with Gasteiger partial charge in [0.25, 0.3) is 5.91 Å². The molecule has 2 fully saturated rings. The standard InChI is InChI=1S/C24H26N8O2/c1-25-24(33)21-18(13-19(29-30-21)26-15-10-11-15)27-17-6-4-5-16(22(17)34-3)23-28-20(32(2)31-23)12-9-14-7-8-14/h4-6,13-15H,7-8,10-11H2,1-3H3,(H,25,33)(H2,26,27,29)/i1D. The van der Waals surface area contributed by atoms with E-state index < -0.39 is 5.91 Å². The third kappa shape index (κ3) is 4.64. The van der Waals surface area contributed by atoms with E-state index in [1.807, 2.05) is 25.2 Å². The number of para-hydroxylation sites is 1. The molecule has 0 bridgehead atoms. The van der Waals surface area contributed by atoms with Crippen LogP contribution in [-0.2, 0) is 7.05 Å². The number of hydrogen-bond acceptors (Lipinski definition) is 8. The van der Waals surface area contributed by atoms with Crippen LogP contribution in [0.5, 0.6) is 5.75 Å². The minimum absolute atomic E-state index is 0.0830. The Kier molecular flexibility index (Phi) is 5.43. The van der Waals surface area contributed by atoms with Gasteiger partial charge in [0.05, 0.1) is 24.0 Å². The average Bonchev–Trinajstić information content (AvgIpc) is 3.78. The monoisotopic (exact) mass is 459 g/mol. The molecule has 1 aromatic carbocycles. The maximum Gasteiger partial charge on any atom is 0.273 e. The molecule has 3 N–H and O–H groups in total. The van der Waals surface area contributed by atoms with Crippen LogP contribution in [0.25, 0.3) is 11.4 Å². The summed E-state index contributed by atoms with van der Waals surface area (Å²) in [6, 6.07) is 7.67. The zero-order valence-corrected chi connectivity index (χ0v) is 19.1. The van der Waals surface area contributed by atoms with Crippen LogP contribution in [0.2, 0.25) is 0 Å². The largest absolute Gasteiger partial charge is 0.494 e. The van der Waals surface area contributed by atoms with Crippen molar-refractivity contribution in [1.82, 2.24) is 30.3 Å². The molecule has 3 aromatic rings. The SMILES string of the molecule is [2H]CNC(=O)c1nnc(NC2CC2)cc1Nc1cccc(-c2nc(C#CC3CC3)n(C)n2)c1OC. The molecule has 10 nitrogen and oxygen atoms in total. The minimum Gasteiger partial charge on any atom is -0.494 e. The highest BCUT2D eigenvalue weighted by Crippen LogP contribution is 2.37. The molecule has 0 aliphatic heterocycles. The van der Waals surface area contributed by atoms with Gasteiger partial charge in [-0.05, 0) is 43.7 Å². The summed E-state index contributed by atoms with van der Waals surface area (Å²) in [5.74, 6) is 8.47. The number of ether oxygens (including phenoxy) is 1. The number of benzene rings is 1. The van der Waals surface area contributed by atoms with Gasteiger partial charge in [-0.1, -0.05) is 12.0 Å². The number of hydrogen-bond donors (Lipinski definition) is 3. The number of aromatic nitrogens is 5. The molecule has 2 aromatic heterocycles. The van der Waals surface area contributed by atoms with Crippen LogP contribution in [0.15, 0.2) is 24.3 Å². The van der Waals surface area contributed by atoms with Gasteiger partial charge < -0.3 is 20.7 Å². The maximum absolute atomic E-state index is 12.5. The molecule has 10 heteroatoms. The summed E-state index contributed by atoms with van der Waals surface area (Å²) >= 11 is 0. The lowest BCUT2D eigenvalue weighted by Gasteiger charge is -2.16. The van der Waals surface area contributed by atoms with Crippen LogP contribution in [0, 0.1) is 17.8 Å². The van der Waals surface area contributed by atoms with Crippen molar-refractivity contribution in [2.75, 3.05) is 24.8 Å². The summed E-state index contributed by atoms with van der Waals surface area (Å²) in [6.45, 7) is 0. The lowest BCUT2D eigenvalue weighted by Crippen LogP contribution is -2.22. The Labute approximate surface area is 198 Å². The fourth-order valence-corrected chi connectivity index (χ4v) is 3.42. The van der Waals surface area contributed by atoms with E-state index in [0.717, 1.165) is 25.7 Å². The van der Waals surface area contributed by atoms with Gasteiger partial charge in [0.2, 0.25) is 5.82 Å². The van der Waals surface area contributed by atoms with Crippen LogP contribution < -0.4 is 20.7 Å². The van der Waals surface area contributed by atoms with Gasteiger partial charge in [0, 0.05) is 33.5 Å². The summed E-state index contributed by atoms with van der Waals surface area (Å²) in [5, 5.41) is 21.8. The zero-order chi connectivity index (χ0) is 24.4. The Morgan fingerprint density at radius 1 is 1.24 bits per heavy atom. The van der Waals surface area contributed by atoms with Gasteiger partial charge in [0.1, 0.15) is 0 Å². The van der Waals surface area contributed by atoms with E-state index in [4.69, 9.17) is 6.11 Å². The molecule has 0 radical (unpaired) electrons. The van der Waals surface area contributed by atoms with Crippen molar-refractivity contribution < 1.29 is 10.9 Å². The van der Waals surface area contributed by atoms with Gasteiger partial charge in [-0.2, -0.15) is 10.1 Å². The summed E-state index contributed by atoms with van der Waals surface area (Å²) in [5.41, 5.74) is 1.81. The highest BCUT2D eigenvalue weighted by Gasteiger charge is 2.24. The minimum atomic E-state index is -0.492. The highest BCUT2D eigenvalue weighted by atomic mass is 16.5. The molecule has 1 amide bonds. The van der Waals surface area contributed by atoms with Crippen molar-refractivity contribution in [3.05, 3.63) is 35.8 Å². The quantitative estimate of drug-likeness (QED) is 0.462. The smallest absolute Gasteiger partial charge is 0.273 e. The van der Waals surface area contributed by atoms with Crippen molar-refractivity contribution in [3.8, 4) is 29.0 Å². The number of methoxy groups -OCH3 is 1. The van der Waals surface area contributed by atoms with Crippen LogP contribution in [-0.4, -0.2) is 51.0 Å². The van der Waals surface area contributed by atoms with E-state index in [9.17, 15) is 4.79 Å². The molecular formula is C24H26N8O2. The van der Waals surface area contributed by atoms with Crippen LogP contribution in [0.4, 0.5) is 17.2 Å². The molecule has 174 valence electrons. The number of rotatable bonds is 7. The van der Waals surface area contributed by atoms with Gasteiger partial charge in [-0.3, -0.25) is 4.79 Å². The Hall–Kier alpha value is -4.13. The lowest BCUT2D eigenvalue weighted by molar-refractivity contribution is 0.0958. The van der Waals surface area contributed by atoms with Crippen molar-refractivity contribution in [3.63, 3.8) is 0 Å². The predicted molar refractivity (Wildman–Crippen MR) is 128 cm³/mol. The van der Waals surface area contributed by atoms with Gasteiger partial charge in [-0.15, -0.1) is 10.2 Å². The van der Waals surface area contributed by atoms with Gasteiger partial charge in [0.15, 0.2) is 23.1 Å². The highest BCUT2D eigenvalue weighted by molar-refractivity contribution is 5.98. The summed E-state index contributed by atoms with van der Waals surface area (Å²) in [6.07, 6.45) is 4.43. The van der Waals surface area contributed by atoms with Crippen molar-refractivity contribution in [1.29, 1.82) is 0 Å². The number of anilines is 3. The maximum atomic E-state index is 12.5. The molecule has 2 aliphatic rings. The Balaban J connectivity index is 1.49. The third-order valence-electron chi connectivity index (χ3n) is 5.56. The number of nitrogens with zero attached hydrogens (tertiary/aromatic N) is 5.